The molecule has 2 unspecified atom stereocenters. The minimum atomic E-state index is -0.179. The number of likely N-dealkylation sites (tertiary alicyclic amines) is 1. The Bertz CT molecular complexity index is 287. The summed E-state index contributed by atoms with van der Waals surface area (Å²) < 4.78 is 5.10. The number of aliphatic hydroxyl groups is 1. The fraction of sp³-hybridized carbons (Fsp3) is 0.933. The Kier molecular flexibility index (Phi) is 5.64. The highest BCUT2D eigenvalue weighted by Crippen LogP contribution is 2.27. The number of aliphatic hydroxyl groups excluding tert-OH is 1. The average Bonchev–Trinajstić information content (AvgIpc) is 2.64. The minimum absolute atomic E-state index is 0.0384. The standard InChI is InChI=1S/C15H27NO3/c1-2-19-15(18)12-8-10-16(11-9-12)13-6-4-3-5-7-14(13)17/h12-14,17H,2-11H2,1H3. The Morgan fingerprint density at radius 1 is 1.16 bits per heavy atom. The normalized spacial score (nSPS) is 30.8. The van der Waals surface area contributed by atoms with E-state index in [1.165, 1.54) is 12.8 Å². The van der Waals surface area contributed by atoms with E-state index in [0.717, 1.165) is 45.2 Å². The maximum Gasteiger partial charge on any atom is 0.309 e. The monoisotopic (exact) mass is 269 g/mol. The molecule has 1 saturated carbocycles. The van der Waals surface area contributed by atoms with Crippen molar-refractivity contribution in [2.75, 3.05) is 19.7 Å². The fourth-order valence-electron chi connectivity index (χ4n) is 3.42. The van der Waals surface area contributed by atoms with Gasteiger partial charge in [0, 0.05) is 6.04 Å². The number of hydrogen-bond acceptors (Lipinski definition) is 4. The molecule has 4 heteroatoms. The largest absolute Gasteiger partial charge is 0.466 e. The van der Waals surface area contributed by atoms with Crippen molar-refractivity contribution in [1.82, 2.24) is 4.90 Å². The topological polar surface area (TPSA) is 49.8 Å². The van der Waals surface area contributed by atoms with Gasteiger partial charge in [-0.1, -0.05) is 19.3 Å². The van der Waals surface area contributed by atoms with Crippen molar-refractivity contribution >= 4 is 5.97 Å². The predicted molar refractivity (Wildman–Crippen MR) is 73.8 cm³/mol. The molecule has 0 bridgehead atoms. The molecule has 1 N–H and O–H groups in total. The van der Waals surface area contributed by atoms with Crippen molar-refractivity contribution in [2.45, 2.75) is 64.0 Å². The first kappa shape index (κ1) is 14.8. The van der Waals surface area contributed by atoms with Gasteiger partial charge in [-0.25, -0.2) is 0 Å². The van der Waals surface area contributed by atoms with Crippen LogP contribution in [0, 0.1) is 5.92 Å². The number of hydrogen-bond donors (Lipinski definition) is 1. The molecule has 0 radical (unpaired) electrons. The molecule has 2 fully saturated rings. The van der Waals surface area contributed by atoms with Gasteiger partial charge in [0.1, 0.15) is 0 Å². The summed E-state index contributed by atoms with van der Waals surface area (Å²) >= 11 is 0. The van der Waals surface area contributed by atoms with Crippen molar-refractivity contribution in [3.63, 3.8) is 0 Å². The van der Waals surface area contributed by atoms with Crippen molar-refractivity contribution < 1.29 is 14.6 Å². The van der Waals surface area contributed by atoms with E-state index < -0.39 is 0 Å². The number of rotatable bonds is 3. The fourth-order valence-corrected chi connectivity index (χ4v) is 3.42. The predicted octanol–water partition coefficient (Wildman–Crippen LogP) is 1.96. The molecule has 0 aromatic heterocycles. The van der Waals surface area contributed by atoms with Crippen molar-refractivity contribution in [2.24, 2.45) is 5.92 Å². The van der Waals surface area contributed by atoms with Gasteiger partial charge < -0.3 is 9.84 Å². The van der Waals surface area contributed by atoms with Crippen LogP contribution in [0.2, 0.25) is 0 Å². The Morgan fingerprint density at radius 2 is 1.84 bits per heavy atom. The van der Waals surface area contributed by atoms with Gasteiger partial charge in [-0.2, -0.15) is 0 Å². The Morgan fingerprint density at radius 3 is 2.53 bits per heavy atom. The van der Waals surface area contributed by atoms with E-state index in [1.54, 1.807) is 0 Å². The number of piperidine rings is 1. The van der Waals surface area contributed by atoms with Crippen LogP contribution < -0.4 is 0 Å². The van der Waals surface area contributed by atoms with E-state index in [4.69, 9.17) is 4.74 Å². The second-order valence-corrected chi connectivity index (χ2v) is 5.83. The van der Waals surface area contributed by atoms with E-state index in [0.29, 0.717) is 12.6 Å². The van der Waals surface area contributed by atoms with Gasteiger partial charge in [-0.15, -0.1) is 0 Å². The quantitative estimate of drug-likeness (QED) is 0.628. The van der Waals surface area contributed by atoms with Gasteiger partial charge in [-0.05, 0) is 45.7 Å². The summed E-state index contributed by atoms with van der Waals surface area (Å²) in [5, 5.41) is 10.2. The van der Waals surface area contributed by atoms with E-state index in [2.05, 4.69) is 4.90 Å². The zero-order valence-corrected chi connectivity index (χ0v) is 12.0. The molecule has 2 atom stereocenters. The van der Waals surface area contributed by atoms with Crippen molar-refractivity contribution in [1.29, 1.82) is 0 Å². The number of esters is 1. The SMILES string of the molecule is CCOC(=O)C1CCN(C2CCCCCC2O)CC1. The van der Waals surface area contributed by atoms with Crippen LogP contribution in [0.4, 0.5) is 0 Å². The molecular weight excluding hydrogens is 242 g/mol. The molecule has 0 aromatic rings. The van der Waals surface area contributed by atoms with Crippen LogP contribution in [0.5, 0.6) is 0 Å². The highest BCUT2D eigenvalue weighted by atomic mass is 16.5. The van der Waals surface area contributed by atoms with Crippen molar-refractivity contribution in [3.8, 4) is 0 Å². The summed E-state index contributed by atoms with van der Waals surface area (Å²) in [5.74, 6) is 0.0303. The molecule has 0 amide bonds. The van der Waals surface area contributed by atoms with E-state index in [1.807, 2.05) is 6.92 Å². The molecular formula is C15H27NO3. The average molecular weight is 269 g/mol. The lowest BCUT2D eigenvalue weighted by Crippen LogP contribution is -2.48. The van der Waals surface area contributed by atoms with Crippen LogP contribution in [-0.2, 0) is 9.53 Å². The Hall–Kier alpha value is -0.610. The summed E-state index contributed by atoms with van der Waals surface area (Å²) in [5.41, 5.74) is 0. The van der Waals surface area contributed by atoms with Crippen LogP contribution in [0.25, 0.3) is 0 Å². The van der Waals surface area contributed by atoms with Crippen LogP contribution in [0.15, 0.2) is 0 Å². The molecule has 1 heterocycles. The van der Waals surface area contributed by atoms with E-state index in [9.17, 15) is 9.90 Å². The highest BCUT2D eigenvalue weighted by Gasteiger charge is 2.32. The molecule has 0 aromatic carbocycles. The Labute approximate surface area is 116 Å². The van der Waals surface area contributed by atoms with Crippen molar-refractivity contribution in [3.05, 3.63) is 0 Å². The van der Waals surface area contributed by atoms with Gasteiger partial charge in [0.05, 0.1) is 18.6 Å². The highest BCUT2D eigenvalue weighted by molar-refractivity contribution is 5.72. The lowest BCUT2D eigenvalue weighted by Gasteiger charge is -2.38. The summed E-state index contributed by atoms with van der Waals surface area (Å²) in [6.45, 7) is 4.17. The number of carbonyl (C=O) groups is 1. The second-order valence-electron chi connectivity index (χ2n) is 5.83. The van der Waals surface area contributed by atoms with Crippen LogP contribution >= 0.6 is 0 Å². The van der Waals surface area contributed by atoms with E-state index in [-0.39, 0.29) is 18.0 Å². The summed E-state index contributed by atoms with van der Waals surface area (Å²) in [7, 11) is 0. The smallest absolute Gasteiger partial charge is 0.309 e. The molecule has 2 rings (SSSR count). The lowest BCUT2D eigenvalue weighted by atomic mass is 9.93. The zero-order valence-electron chi connectivity index (χ0n) is 12.0. The van der Waals surface area contributed by atoms with Gasteiger partial charge in [0.25, 0.3) is 0 Å². The lowest BCUT2D eigenvalue weighted by molar-refractivity contribution is -0.150. The Balaban J connectivity index is 1.83. The maximum atomic E-state index is 11.7. The summed E-state index contributed by atoms with van der Waals surface area (Å²) in [6.07, 6.45) is 7.22. The third-order valence-electron chi connectivity index (χ3n) is 4.56. The number of carbonyl (C=O) groups excluding carboxylic acids is 1. The summed E-state index contributed by atoms with van der Waals surface area (Å²) in [6, 6.07) is 0.311. The molecule has 4 nitrogen and oxygen atoms in total. The van der Waals surface area contributed by atoms with Crippen LogP contribution in [0.3, 0.4) is 0 Å². The minimum Gasteiger partial charge on any atom is -0.466 e. The van der Waals surface area contributed by atoms with Crippen LogP contribution in [0.1, 0.15) is 51.9 Å². The molecule has 0 spiro atoms. The van der Waals surface area contributed by atoms with Crippen LogP contribution in [-0.4, -0.2) is 47.8 Å². The third-order valence-corrected chi connectivity index (χ3v) is 4.56. The molecule has 2 aliphatic rings. The first-order valence-corrected chi connectivity index (χ1v) is 7.81. The molecule has 1 saturated heterocycles. The summed E-state index contributed by atoms with van der Waals surface area (Å²) in [4.78, 5) is 14.1. The van der Waals surface area contributed by atoms with Gasteiger partial charge in [-0.3, -0.25) is 9.69 Å². The van der Waals surface area contributed by atoms with E-state index >= 15 is 0 Å². The molecule has 19 heavy (non-hydrogen) atoms. The van der Waals surface area contributed by atoms with Gasteiger partial charge in [0.2, 0.25) is 0 Å². The first-order chi connectivity index (χ1) is 9.22. The zero-order chi connectivity index (χ0) is 13.7. The van der Waals surface area contributed by atoms with Gasteiger partial charge in [0.15, 0.2) is 0 Å². The number of nitrogens with zero attached hydrogens (tertiary/aromatic N) is 1. The molecule has 110 valence electrons. The molecule has 1 aliphatic carbocycles. The molecule has 1 aliphatic heterocycles. The second kappa shape index (κ2) is 7.25. The number of ether oxygens (including phenoxy) is 1. The third kappa shape index (κ3) is 3.93. The first-order valence-electron chi connectivity index (χ1n) is 7.81. The van der Waals surface area contributed by atoms with Gasteiger partial charge >= 0.3 is 5.97 Å². The maximum absolute atomic E-state index is 11.7.